The number of aryl methyl sites for hydroxylation is 1. The summed E-state index contributed by atoms with van der Waals surface area (Å²) in [5.74, 6) is 2.69. The Morgan fingerprint density at radius 1 is 0.792 bits per heavy atom. The van der Waals surface area contributed by atoms with Gasteiger partial charge in [-0.2, -0.15) is 0 Å². The van der Waals surface area contributed by atoms with Crippen LogP contribution in [0.5, 0.6) is 0 Å². The third-order valence-corrected chi connectivity index (χ3v) is 5.72. The topological polar surface area (TPSA) is 25.8 Å². The quantitative estimate of drug-likeness (QED) is 0.415. The highest BCUT2D eigenvalue weighted by Gasteiger charge is 2.23. The summed E-state index contributed by atoms with van der Waals surface area (Å²) in [5, 5.41) is 0. The minimum Gasteiger partial charge on any atom is -0.241 e. The standard InChI is InChI=1S/C22H38N2/c1-3-5-7-8-10-12-20-17-23-22(24-18-20)21-15-13-19(14-16-21)11-9-6-4-2/h17-19,21H,3-16H2,1-2H3. The third kappa shape index (κ3) is 6.91. The number of hydrogen-bond donors (Lipinski definition) is 0. The van der Waals surface area contributed by atoms with Crippen molar-refractivity contribution >= 4 is 0 Å². The number of hydrogen-bond acceptors (Lipinski definition) is 2. The normalized spacial score (nSPS) is 21.1. The van der Waals surface area contributed by atoms with Crippen LogP contribution in [0, 0.1) is 5.92 Å². The van der Waals surface area contributed by atoms with Crippen molar-refractivity contribution < 1.29 is 0 Å². The molecule has 0 atom stereocenters. The van der Waals surface area contributed by atoms with Gasteiger partial charge in [0, 0.05) is 18.3 Å². The van der Waals surface area contributed by atoms with Crippen LogP contribution in [0.1, 0.15) is 115 Å². The molecule has 1 aliphatic carbocycles. The first-order valence-corrected chi connectivity index (χ1v) is 10.6. The van der Waals surface area contributed by atoms with Gasteiger partial charge in [-0.1, -0.05) is 65.2 Å². The Bertz CT molecular complexity index is 418. The second-order valence-electron chi connectivity index (χ2n) is 7.83. The van der Waals surface area contributed by atoms with Gasteiger partial charge in [0.05, 0.1) is 0 Å². The summed E-state index contributed by atoms with van der Waals surface area (Å²) < 4.78 is 0. The fraction of sp³-hybridized carbons (Fsp3) is 0.818. The molecule has 1 aliphatic rings. The first kappa shape index (κ1) is 19.4. The maximum Gasteiger partial charge on any atom is 0.131 e. The lowest BCUT2D eigenvalue weighted by Gasteiger charge is -2.27. The molecule has 1 fully saturated rings. The zero-order chi connectivity index (χ0) is 17.0. The van der Waals surface area contributed by atoms with Gasteiger partial charge in [-0.05, 0) is 50.0 Å². The minimum absolute atomic E-state index is 0.617. The molecule has 136 valence electrons. The van der Waals surface area contributed by atoms with Crippen LogP contribution in [0.2, 0.25) is 0 Å². The van der Waals surface area contributed by atoms with Crippen molar-refractivity contribution in [3.63, 3.8) is 0 Å². The van der Waals surface area contributed by atoms with Crippen molar-refractivity contribution in [3.8, 4) is 0 Å². The molecule has 0 amide bonds. The van der Waals surface area contributed by atoms with Crippen molar-refractivity contribution in [3.05, 3.63) is 23.8 Å². The Kier molecular flexibility index (Phi) is 9.38. The van der Waals surface area contributed by atoms with E-state index in [1.54, 1.807) is 0 Å². The average Bonchev–Trinajstić information content (AvgIpc) is 2.63. The molecule has 2 nitrogen and oxygen atoms in total. The van der Waals surface area contributed by atoms with E-state index in [2.05, 4.69) is 26.2 Å². The molecule has 0 saturated heterocycles. The SMILES string of the molecule is CCCCCCCc1cnc(C2CCC(CCCCC)CC2)nc1. The molecule has 1 aromatic rings. The molecule has 24 heavy (non-hydrogen) atoms. The van der Waals surface area contributed by atoms with Gasteiger partial charge in [0.15, 0.2) is 0 Å². The highest BCUT2D eigenvalue weighted by molar-refractivity contribution is 5.08. The molecule has 0 aromatic carbocycles. The molecule has 0 unspecified atom stereocenters. The molecular formula is C22H38N2. The Morgan fingerprint density at radius 3 is 2.08 bits per heavy atom. The Labute approximate surface area is 149 Å². The summed E-state index contributed by atoms with van der Waals surface area (Å²) in [6.07, 6.45) is 23.0. The largest absolute Gasteiger partial charge is 0.241 e. The smallest absolute Gasteiger partial charge is 0.131 e. The number of rotatable bonds is 11. The van der Waals surface area contributed by atoms with Crippen molar-refractivity contribution in [2.75, 3.05) is 0 Å². The Morgan fingerprint density at radius 2 is 1.42 bits per heavy atom. The van der Waals surface area contributed by atoms with Crippen molar-refractivity contribution in [2.24, 2.45) is 5.92 Å². The predicted octanol–water partition coefficient (Wildman–Crippen LogP) is 6.84. The molecular weight excluding hydrogens is 292 g/mol. The van der Waals surface area contributed by atoms with Gasteiger partial charge in [-0.3, -0.25) is 0 Å². The summed E-state index contributed by atoms with van der Waals surface area (Å²) in [5.41, 5.74) is 1.32. The fourth-order valence-electron chi connectivity index (χ4n) is 4.03. The van der Waals surface area contributed by atoms with Crippen LogP contribution in [0.15, 0.2) is 12.4 Å². The van der Waals surface area contributed by atoms with E-state index in [0.717, 1.165) is 18.2 Å². The van der Waals surface area contributed by atoms with Gasteiger partial charge in [-0.25, -0.2) is 9.97 Å². The minimum atomic E-state index is 0.617. The lowest BCUT2D eigenvalue weighted by atomic mass is 9.79. The second-order valence-corrected chi connectivity index (χ2v) is 7.83. The molecule has 1 heterocycles. The van der Waals surface area contributed by atoms with E-state index in [4.69, 9.17) is 9.97 Å². The van der Waals surface area contributed by atoms with Crippen LogP contribution >= 0.6 is 0 Å². The monoisotopic (exact) mass is 330 g/mol. The lowest BCUT2D eigenvalue weighted by molar-refractivity contribution is 0.297. The van der Waals surface area contributed by atoms with Gasteiger partial charge in [-0.15, -0.1) is 0 Å². The van der Waals surface area contributed by atoms with Crippen molar-refractivity contribution in [1.82, 2.24) is 9.97 Å². The number of aromatic nitrogens is 2. The molecule has 0 N–H and O–H groups in total. The lowest BCUT2D eigenvalue weighted by Crippen LogP contribution is -2.15. The molecule has 0 bridgehead atoms. The second kappa shape index (κ2) is 11.6. The van der Waals surface area contributed by atoms with Crippen molar-refractivity contribution in [1.29, 1.82) is 0 Å². The molecule has 0 radical (unpaired) electrons. The highest BCUT2D eigenvalue weighted by Crippen LogP contribution is 2.36. The highest BCUT2D eigenvalue weighted by atomic mass is 14.9. The molecule has 2 rings (SSSR count). The molecule has 1 saturated carbocycles. The van der Waals surface area contributed by atoms with E-state index in [-0.39, 0.29) is 0 Å². The van der Waals surface area contributed by atoms with Gasteiger partial charge in [0.2, 0.25) is 0 Å². The molecule has 1 aromatic heterocycles. The Balaban J connectivity index is 1.68. The van der Waals surface area contributed by atoms with E-state index in [1.165, 1.54) is 89.0 Å². The third-order valence-electron chi connectivity index (χ3n) is 5.72. The molecule has 0 aliphatic heterocycles. The van der Waals surface area contributed by atoms with E-state index in [0.29, 0.717) is 5.92 Å². The summed E-state index contributed by atoms with van der Waals surface area (Å²) >= 11 is 0. The van der Waals surface area contributed by atoms with Gasteiger partial charge in [0.25, 0.3) is 0 Å². The Hall–Kier alpha value is -0.920. The number of nitrogens with zero attached hydrogens (tertiary/aromatic N) is 2. The maximum atomic E-state index is 4.71. The average molecular weight is 331 g/mol. The summed E-state index contributed by atoms with van der Waals surface area (Å²) in [6, 6.07) is 0. The number of unbranched alkanes of at least 4 members (excludes halogenated alkanes) is 6. The predicted molar refractivity (Wildman–Crippen MR) is 103 cm³/mol. The first-order chi connectivity index (χ1) is 11.8. The van der Waals surface area contributed by atoms with Crippen LogP contribution < -0.4 is 0 Å². The van der Waals surface area contributed by atoms with E-state index < -0.39 is 0 Å². The van der Waals surface area contributed by atoms with E-state index >= 15 is 0 Å². The van der Waals surface area contributed by atoms with Crippen LogP contribution in [0.3, 0.4) is 0 Å². The van der Waals surface area contributed by atoms with Gasteiger partial charge in [0.1, 0.15) is 5.82 Å². The summed E-state index contributed by atoms with van der Waals surface area (Å²) in [7, 11) is 0. The molecule has 2 heteroatoms. The zero-order valence-electron chi connectivity index (χ0n) is 16.1. The van der Waals surface area contributed by atoms with Gasteiger partial charge >= 0.3 is 0 Å². The maximum absolute atomic E-state index is 4.71. The fourth-order valence-corrected chi connectivity index (χ4v) is 4.03. The molecule has 0 spiro atoms. The van der Waals surface area contributed by atoms with Crippen LogP contribution in [-0.2, 0) is 6.42 Å². The van der Waals surface area contributed by atoms with E-state index in [9.17, 15) is 0 Å². The van der Waals surface area contributed by atoms with Crippen LogP contribution in [0.25, 0.3) is 0 Å². The summed E-state index contributed by atoms with van der Waals surface area (Å²) in [6.45, 7) is 4.56. The van der Waals surface area contributed by atoms with E-state index in [1.807, 2.05) is 0 Å². The summed E-state index contributed by atoms with van der Waals surface area (Å²) in [4.78, 5) is 9.41. The van der Waals surface area contributed by atoms with Crippen molar-refractivity contribution in [2.45, 2.75) is 110 Å². The van der Waals surface area contributed by atoms with Crippen LogP contribution in [0.4, 0.5) is 0 Å². The first-order valence-electron chi connectivity index (χ1n) is 10.6. The zero-order valence-corrected chi connectivity index (χ0v) is 16.1. The van der Waals surface area contributed by atoms with Crippen LogP contribution in [-0.4, -0.2) is 9.97 Å². The van der Waals surface area contributed by atoms with Gasteiger partial charge < -0.3 is 0 Å².